The van der Waals surface area contributed by atoms with Crippen LogP contribution in [0, 0.1) is 24.2 Å². The van der Waals surface area contributed by atoms with E-state index in [0.717, 1.165) is 0 Å². The Morgan fingerprint density at radius 1 is 1.27 bits per heavy atom. The van der Waals surface area contributed by atoms with Crippen LogP contribution in [0.3, 0.4) is 0 Å². The molecule has 40 heavy (non-hydrogen) atoms. The number of hydrogen-bond donors (Lipinski definition) is 3. The maximum atomic E-state index is 13.1. The van der Waals surface area contributed by atoms with Gasteiger partial charge in [0.1, 0.15) is 11.8 Å². The highest BCUT2D eigenvalue weighted by molar-refractivity contribution is 7.89. The predicted octanol–water partition coefficient (Wildman–Crippen LogP) is 1.99. The number of nitrogens with zero attached hydrogens (tertiary/aromatic N) is 4. The number of nitriles is 1. The van der Waals surface area contributed by atoms with E-state index in [1.807, 2.05) is 20.8 Å². The molecule has 3 fully saturated rings. The van der Waals surface area contributed by atoms with Crippen LogP contribution in [-0.4, -0.2) is 91.7 Å². The number of sulfonamides is 1. The van der Waals surface area contributed by atoms with E-state index in [0.29, 0.717) is 50.1 Å². The molecule has 3 heterocycles. The number of ether oxygens (including phenoxy) is 1. The van der Waals surface area contributed by atoms with E-state index in [9.17, 15) is 23.3 Å². The van der Waals surface area contributed by atoms with Gasteiger partial charge in [-0.25, -0.2) is 28.0 Å². The number of carbonyl (C=O) groups excluding carboxylic acids is 2. The van der Waals surface area contributed by atoms with Gasteiger partial charge < -0.3 is 20.3 Å². The largest absolute Gasteiger partial charge is 0.444 e. The van der Waals surface area contributed by atoms with Crippen molar-refractivity contribution in [2.45, 2.75) is 81.6 Å². The number of anilines is 1. The summed E-state index contributed by atoms with van der Waals surface area (Å²) in [7, 11) is -0.598. The summed E-state index contributed by atoms with van der Waals surface area (Å²) in [5.41, 5.74) is 3.63. The van der Waals surface area contributed by atoms with Gasteiger partial charge in [-0.1, -0.05) is 0 Å². The fraction of sp³-hybridized carbons (Fsp3) is 0.667. The van der Waals surface area contributed by atoms with Gasteiger partial charge >= 0.3 is 6.09 Å². The van der Waals surface area contributed by atoms with E-state index in [1.54, 1.807) is 30.0 Å². The van der Waals surface area contributed by atoms with E-state index in [1.165, 1.54) is 18.4 Å². The average Bonchev–Trinajstić information content (AvgIpc) is 3.23. The molecule has 0 aliphatic carbocycles. The van der Waals surface area contributed by atoms with Gasteiger partial charge in [-0.15, -0.1) is 0 Å². The molecule has 3 saturated heterocycles. The van der Waals surface area contributed by atoms with Crippen LogP contribution >= 0.6 is 0 Å². The van der Waals surface area contributed by atoms with Gasteiger partial charge in [0.2, 0.25) is 15.9 Å². The van der Waals surface area contributed by atoms with Crippen LogP contribution in [0.25, 0.3) is 0 Å². The molecule has 4 rings (SSSR count). The lowest BCUT2D eigenvalue weighted by molar-refractivity contribution is -0.128. The van der Waals surface area contributed by atoms with E-state index in [-0.39, 0.29) is 29.4 Å². The van der Waals surface area contributed by atoms with Crippen LogP contribution in [0.5, 0.6) is 0 Å². The third kappa shape index (κ3) is 5.90. The van der Waals surface area contributed by atoms with Gasteiger partial charge in [-0.3, -0.25) is 4.79 Å². The number of hydrazine groups is 1. The zero-order valence-electron chi connectivity index (χ0n) is 24.2. The predicted molar refractivity (Wildman–Crippen MR) is 149 cm³/mol. The summed E-state index contributed by atoms with van der Waals surface area (Å²) >= 11 is 0. The molecular formula is C27H41N7O5S. The molecule has 3 aliphatic rings. The second kappa shape index (κ2) is 11.2. The van der Waals surface area contributed by atoms with Crippen LogP contribution in [-0.2, 0) is 19.6 Å². The third-order valence-electron chi connectivity index (χ3n) is 7.95. The average molecular weight is 576 g/mol. The second-order valence-electron chi connectivity index (χ2n) is 12.1. The lowest BCUT2D eigenvalue weighted by Gasteiger charge is -2.48. The van der Waals surface area contributed by atoms with Gasteiger partial charge in [0.15, 0.2) is 0 Å². The highest BCUT2D eigenvalue weighted by Gasteiger charge is 2.55. The smallest absolute Gasteiger partial charge is 0.410 e. The molecule has 13 heteroatoms. The van der Waals surface area contributed by atoms with E-state index in [2.05, 4.69) is 27.1 Å². The Balaban J connectivity index is 1.57. The number of likely N-dealkylation sites (tertiary alicyclic amines) is 1. The SMILES string of the molecule is Cc1cc(NC2NN(C3(CC#N)CCN(C(=O)OC(C)(C)C)CC3)C3CCNC(=O)C23)ccc1S(=O)(=O)N(C)C. The van der Waals surface area contributed by atoms with Gasteiger partial charge in [0.05, 0.1) is 28.8 Å². The number of benzene rings is 1. The fourth-order valence-electron chi connectivity index (χ4n) is 5.90. The summed E-state index contributed by atoms with van der Waals surface area (Å²) in [6.07, 6.45) is 1.23. The number of rotatable bonds is 6. The molecule has 3 unspecified atom stereocenters. The maximum absolute atomic E-state index is 13.1. The molecule has 3 atom stereocenters. The Morgan fingerprint density at radius 2 is 1.95 bits per heavy atom. The topological polar surface area (TPSA) is 147 Å². The monoisotopic (exact) mass is 575 g/mol. The van der Waals surface area contributed by atoms with Crippen molar-refractivity contribution in [1.82, 2.24) is 25.0 Å². The van der Waals surface area contributed by atoms with Crippen LogP contribution in [0.15, 0.2) is 23.1 Å². The first-order chi connectivity index (χ1) is 18.7. The summed E-state index contributed by atoms with van der Waals surface area (Å²) in [5, 5.41) is 18.3. The number of aryl methyl sites for hydroxylation is 1. The van der Waals surface area contributed by atoms with Gasteiger partial charge in [-0.2, -0.15) is 5.26 Å². The van der Waals surface area contributed by atoms with Crippen LogP contribution < -0.4 is 16.1 Å². The Kier molecular flexibility index (Phi) is 8.38. The van der Waals surface area contributed by atoms with Crippen molar-refractivity contribution in [3.63, 3.8) is 0 Å². The molecule has 0 spiro atoms. The van der Waals surface area contributed by atoms with Crippen LogP contribution in [0.1, 0.15) is 52.0 Å². The first-order valence-corrected chi connectivity index (χ1v) is 15.1. The Hall–Kier alpha value is -2.92. The van der Waals surface area contributed by atoms with Crippen molar-refractivity contribution in [2.24, 2.45) is 5.92 Å². The van der Waals surface area contributed by atoms with Crippen molar-refractivity contribution in [2.75, 3.05) is 39.0 Å². The first kappa shape index (κ1) is 30.0. The number of hydrogen-bond acceptors (Lipinski definition) is 9. The maximum Gasteiger partial charge on any atom is 0.410 e. The molecular weight excluding hydrogens is 534 g/mol. The molecule has 1 aromatic carbocycles. The number of amides is 2. The number of piperidine rings is 2. The molecule has 0 aromatic heterocycles. The first-order valence-electron chi connectivity index (χ1n) is 13.7. The summed E-state index contributed by atoms with van der Waals surface area (Å²) < 4.78 is 32.1. The number of carbonyl (C=O) groups is 2. The van der Waals surface area contributed by atoms with Crippen molar-refractivity contribution in [1.29, 1.82) is 5.26 Å². The molecule has 1 aromatic rings. The summed E-state index contributed by atoms with van der Waals surface area (Å²) in [6.45, 7) is 8.66. The lowest BCUT2D eigenvalue weighted by atomic mass is 9.81. The lowest BCUT2D eigenvalue weighted by Crippen LogP contribution is -2.62. The zero-order chi connectivity index (χ0) is 29.5. The van der Waals surface area contributed by atoms with Gasteiger partial charge in [0, 0.05) is 45.5 Å². The molecule has 3 aliphatic heterocycles. The second-order valence-corrected chi connectivity index (χ2v) is 14.2. The molecule has 0 saturated carbocycles. The highest BCUT2D eigenvalue weighted by Crippen LogP contribution is 2.40. The Bertz CT molecular complexity index is 1280. The van der Waals surface area contributed by atoms with Gasteiger partial charge in [0.25, 0.3) is 0 Å². The van der Waals surface area contributed by atoms with E-state index in [4.69, 9.17) is 4.74 Å². The summed E-state index contributed by atoms with van der Waals surface area (Å²) in [6, 6.07) is 7.23. The van der Waals surface area contributed by atoms with Crippen molar-refractivity contribution >= 4 is 27.7 Å². The normalized spacial score (nSPS) is 25.2. The fourth-order valence-corrected chi connectivity index (χ4v) is 7.00. The third-order valence-corrected chi connectivity index (χ3v) is 9.92. The highest BCUT2D eigenvalue weighted by atomic mass is 32.2. The van der Waals surface area contributed by atoms with Gasteiger partial charge in [-0.05, 0) is 70.7 Å². The summed E-state index contributed by atoms with van der Waals surface area (Å²) in [4.78, 5) is 27.7. The van der Waals surface area contributed by atoms with E-state index < -0.39 is 33.2 Å². The minimum Gasteiger partial charge on any atom is -0.444 e. The molecule has 3 N–H and O–H groups in total. The molecule has 2 amide bonds. The number of fused-ring (bicyclic) bond motifs is 1. The molecule has 12 nitrogen and oxygen atoms in total. The van der Waals surface area contributed by atoms with Crippen molar-refractivity contribution in [3.8, 4) is 6.07 Å². The quantitative estimate of drug-likeness (QED) is 0.463. The number of nitrogens with one attached hydrogen (secondary N) is 3. The standard InChI is InChI=1S/C27H41N7O5S/c1-18-17-19(7-8-21(18)40(37,38)32(5)6)30-23-22-20(9-14-29-24(22)35)34(31-23)27(10-13-28)11-15-33(16-12-27)25(36)39-26(2,3)4/h7-8,17,20,22-23,30-31H,9-12,14-16H2,1-6H3,(H,29,35). The minimum atomic E-state index is -3.59. The molecule has 220 valence electrons. The molecule has 0 bridgehead atoms. The summed E-state index contributed by atoms with van der Waals surface area (Å²) in [5.74, 6) is -0.510. The molecule has 0 radical (unpaired) electrons. The zero-order valence-corrected chi connectivity index (χ0v) is 25.0. The van der Waals surface area contributed by atoms with Crippen LogP contribution in [0.2, 0.25) is 0 Å². The van der Waals surface area contributed by atoms with Crippen molar-refractivity contribution in [3.05, 3.63) is 23.8 Å². The van der Waals surface area contributed by atoms with Crippen molar-refractivity contribution < 1.29 is 22.7 Å². The van der Waals surface area contributed by atoms with E-state index >= 15 is 0 Å². The Morgan fingerprint density at radius 3 is 2.52 bits per heavy atom. The Labute approximate surface area is 237 Å². The van der Waals surface area contributed by atoms with Crippen LogP contribution in [0.4, 0.5) is 10.5 Å². The minimum absolute atomic E-state index is 0.0782.